The summed E-state index contributed by atoms with van der Waals surface area (Å²) in [5.41, 5.74) is 3.38. The second kappa shape index (κ2) is 9.72. The van der Waals surface area contributed by atoms with Gasteiger partial charge in [0.25, 0.3) is 0 Å². The average Bonchev–Trinajstić information content (AvgIpc) is 3.18. The molecule has 0 fully saturated rings. The van der Waals surface area contributed by atoms with Crippen molar-refractivity contribution in [3.63, 3.8) is 0 Å². The number of amides is 2. The van der Waals surface area contributed by atoms with Crippen molar-refractivity contribution in [3.8, 4) is 0 Å². The Morgan fingerprint density at radius 1 is 1.19 bits per heavy atom. The Morgan fingerprint density at radius 2 is 2.00 bits per heavy atom. The lowest BCUT2D eigenvalue weighted by atomic mass is 9.95. The van der Waals surface area contributed by atoms with E-state index in [-0.39, 0.29) is 17.6 Å². The number of aryl methyl sites for hydroxylation is 2. The molecule has 0 saturated heterocycles. The zero-order valence-electron chi connectivity index (χ0n) is 18.0. The molecule has 2 aromatic heterocycles. The van der Waals surface area contributed by atoms with Gasteiger partial charge >= 0.3 is 0 Å². The molecular formula is C24H26FN5O2. The van der Waals surface area contributed by atoms with Gasteiger partial charge in [-0.05, 0) is 42.7 Å². The number of carbonyl (C=O) groups excluding carboxylic acids is 2. The van der Waals surface area contributed by atoms with E-state index < -0.39 is 5.92 Å². The topological polar surface area (TPSA) is 80.1 Å². The molecule has 0 saturated carbocycles. The highest BCUT2D eigenvalue weighted by Crippen LogP contribution is 2.28. The number of carbonyl (C=O) groups is 2. The predicted octanol–water partition coefficient (Wildman–Crippen LogP) is 2.72. The van der Waals surface area contributed by atoms with Gasteiger partial charge in [0, 0.05) is 44.5 Å². The Morgan fingerprint density at radius 3 is 2.75 bits per heavy atom. The summed E-state index contributed by atoms with van der Waals surface area (Å²) in [5, 5.41) is 7.41. The fourth-order valence-corrected chi connectivity index (χ4v) is 4.00. The number of benzene rings is 1. The van der Waals surface area contributed by atoms with E-state index >= 15 is 0 Å². The van der Waals surface area contributed by atoms with E-state index in [2.05, 4.69) is 15.4 Å². The minimum atomic E-state index is -0.523. The van der Waals surface area contributed by atoms with Crippen LogP contribution in [0.25, 0.3) is 0 Å². The fraction of sp³-hybridized carbons (Fsp3) is 0.333. The molecule has 32 heavy (non-hydrogen) atoms. The Kier molecular flexibility index (Phi) is 6.58. The summed E-state index contributed by atoms with van der Waals surface area (Å²) in [5.74, 6) is -0.953. The molecule has 0 unspecified atom stereocenters. The van der Waals surface area contributed by atoms with Crippen molar-refractivity contribution >= 4 is 11.8 Å². The highest BCUT2D eigenvalue weighted by Gasteiger charge is 2.34. The van der Waals surface area contributed by atoms with E-state index in [1.165, 1.54) is 12.1 Å². The number of pyridine rings is 1. The van der Waals surface area contributed by atoms with Gasteiger partial charge in [0.1, 0.15) is 5.82 Å². The number of nitrogens with one attached hydrogen (secondary N) is 1. The molecule has 8 heteroatoms. The van der Waals surface area contributed by atoms with Crippen LogP contribution in [0.15, 0.2) is 54.9 Å². The molecule has 1 aliphatic rings. The number of halogens is 1. The summed E-state index contributed by atoms with van der Waals surface area (Å²) < 4.78 is 14.7. The molecule has 3 heterocycles. The summed E-state index contributed by atoms with van der Waals surface area (Å²) in [6, 6.07) is 11.9. The maximum Gasteiger partial charge on any atom is 0.231 e. The minimum Gasteiger partial charge on any atom is -0.350 e. The lowest BCUT2D eigenvalue weighted by Gasteiger charge is -2.31. The van der Waals surface area contributed by atoms with Crippen LogP contribution < -0.4 is 5.32 Å². The van der Waals surface area contributed by atoms with Gasteiger partial charge in [-0.3, -0.25) is 19.3 Å². The van der Waals surface area contributed by atoms with Crippen LogP contribution in [0.1, 0.15) is 41.3 Å². The van der Waals surface area contributed by atoms with Gasteiger partial charge in [0.15, 0.2) is 0 Å². The number of fused-ring (bicyclic) bond motifs is 1. The number of nitrogens with zero attached hydrogens (tertiary/aromatic N) is 4. The maximum atomic E-state index is 13.1. The molecule has 7 nitrogen and oxygen atoms in total. The van der Waals surface area contributed by atoms with E-state index in [1.54, 1.807) is 27.9 Å². The molecule has 1 aromatic carbocycles. The van der Waals surface area contributed by atoms with Crippen molar-refractivity contribution in [3.05, 3.63) is 83.2 Å². The number of hydrogen-bond donors (Lipinski definition) is 1. The molecular weight excluding hydrogens is 409 g/mol. The molecule has 166 valence electrons. The molecule has 2 amide bonds. The molecule has 1 N–H and O–H groups in total. The Labute approximate surface area is 186 Å². The van der Waals surface area contributed by atoms with Gasteiger partial charge in [-0.2, -0.15) is 5.10 Å². The Balaban J connectivity index is 1.38. The van der Waals surface area contributed by atoms with Crippen molar-refractivity contribution in [2.24, 2.45) is 7.05 Å². The molecule has 1 atom stereocenters. The average molecular weight is 436 g/mol. The van der Waals surface area contributed by atoms with Crippen LogP contribution in [0, 0.1) is 5.82 Å². The first-order valence-electron chi connectivity index (χ1n) is 10.7. The first-order chi connectivity index (χ1) is 15.5. The SMILES string of the molecule is Cn1cc2c(n1)[C@H](C(=O)NCc1ccccn1)CN(C(=O)CCCc1ccc(F)cc1)C2. The zero-order valence-corrected chi connectivity index (χ0v) is 18.0. The van der Waals surface area contributed by atoms with Gasteiger partial charge in [0.05, 0.1) is 23.9 Å². The monoisotopic (exact) mass is 435 g/mol. The summed E-state index contributed by atoms with van der Waals surface area (Å²) in [7, 11) is 1.82. The van der Waals surface area contributed by atoms with E-state index in [9.17, 15) is 14.0 Å². The summed E-state index contributed by atoms with van der Waals surface area (Å²) in [6.45, 7) is 1.07. The molecule has 4 rings (SSSR count). The lowest BCUT2D eigenvalue weighted by Crippen LogP contribution is -2.43. The van der Waals surface area contributed by atoms with Crippen molar-refractivity contribution in [1.82, 2.24) is 25.0 Å². The molecule has 0 aliphatic carbocycles. The Hall–Kier alpha value is -3.55. The van der Waals surface area contributed by atoms with Crippen molar-refractivity contribution in [2.45, 2.75) is 38.3 Å². The van der Waals surface area contributed by atoms with Crippen LogP contribution in [0.3, 0.4) is 0 Å². The summed E-state index contributed by atoms with van der Waals surface area (Å²) >= 11 is 0. The molecule has 0 radical (unpaired) electrons. The number of rotatable bonds is 7. The highest BCUT2D eigenvalue weighted by atomic mass is 19.1. The predicted molar refractivity (Wildman–Crippen MR) is 117 cm³/mol. The van der Waals surface area contributed by atoms with E-state index in [0.29, 0.717) is 38.9 Å². The number of hydrogen-bond acceptors (Lipinski definition) is 4. The fourth-order valence-electron chi connectivity index (χ4n) is 4.00. The van der Waals surface area contributed by atoms with Gasteiger partial charge in [-0.1, -0.05) is 18.2 Å². The van der Waals surface area contributed by atoms with Crippen LogP contribution in [-0.2, 0) is 36.1 Å². The van der Waals surface area contributed by atoms with Crippen molar-refractivity contribution in [2.75, 3.05) is 6.54 Å². The quantitative estimate of drug-likeness (QED) is 0.619. The van der Waals surface area contributed by atoms with Crippen LogP contribution >= 0.6 is 0 Å². The molecule has 0 spiro atoms. The van der Waals surface area contributed by atoms with Crippen LogP contribution in [0.2, 0.25) is 0 Å². The van der Waals surface area contributed by atoms with Crippen LogP contribution in [0.5, 0.6) is 0 Å². The third kappa shape index (κ3) is 5.19. The molecule has 0 bridgehead atoms. The second-order valence-corrected chi connectivity index (χ2v) is 8.06. The van der Waals surface area contributed by atoms with Crippen LogP contribution in [-0.4, -0.2) is 38.0 Å². The third-order valence-corrected chi connectivity index (χ3v) is 5.64. The molecule has 1 aliphatic heterocycles. The van der Waals surface area contributed by atoms with E-state index in [1.807, 2.05) is 31.4 Å². The first kappa shape index (κ1) is 21.7. The standard InChI is InChI=1S/C24H26FN5O2/c1-29-14-18-15-30(22(31)7-4-5-17-8-10-19(25)11-9-17)16-21(23(18)28-29)24(32)27-13-20-6-2-3-12-26-20/h2-3,6,8-12,14,21H,4-5,7,13,15-16H2,1H3,(H,27,32)/t21-/m1/s1. The maximum absolute atomic E-state index is 13.1. The van der Waals surface area contributed by atoms with Gasteiger partial charge in [-0.15, -0.1) is 0 Å². The van der Waals surface area contributed by atoms with Gasteiger partial charge in [0.2, 0.25) is 11.8 Å². The third-order valence-electron chi connectivity index (χ3n) is 5.64. The second-order valence-electron chi connectivity index (χ2n) is 8.06. The van der Waals surface area contributed by atoms with Crippen molar-refractivity contribution < 1.29 is 14.0 Å². The Bertz CT molecular complexity index is 1080. The van der Waals surface area contributed by atoms with Crippen LogP contribution in [0.4, 0.5) is 4.39 Å². The lowest BCUT2D eigenvalue weighted by molar-refractivity contribution is -0.133. The summed E-state index contributed by atoms with van der Waals surface area (Å²) in [6.07, 6.45) is 5.29. The molecule has 3 aromatic rings. The summed E-state index contributed by atoms with van der Waals surface area (Å²) in [4.78, 5) is 31.9. The largest absolute Gasteiger partial charge is 0.350 e. The zero-order chi connectivity index (χ0) is 22.5. The van der Waals surface area contributed by atoms with E-state index in [4.69, 9.17) is 0 Å². The number of aromatic nitrogens is 3. The highest BCUT2D eigenvalue weighted by molar-refractivity contribution is 5.85. The minimum absolute atomic E-state index is 0.00383. The van der Waals surface area contributed by atoms with Crippen molar-refractivity contribution in [1.29, 1.82) is 0 Å². The first-order valence-corrected chi connectivity index (χ1v) is 10.7. The normalized spacial score (nSPS) is 15.3. The van der Waals surface area contributed by atoms with Gasteiger partial charge < -0.3 is 10.2 Å². The van der Waals surface area contributed by atoms with E-state index in [0.717, 1.165) is 22.5 Å². The smallest absolute Gasteiger partial charge is 0.231 e. The van der Waals surface area contributed by atoms with Gasteiger partial charge in [-0.25, -0.2) is 4.39 Å².